The van der Waals surface area contributed by atoms with Crippen LogP contribution in [-0.4, -0.2) is 114 Å². The van der Waals surface area contributed by atoms with E-state index in [1.807, 2.05) is 26.0 Å². The number of rotatable bonds is 8. The van der Waals surface area contributed by atoms with Gasteiger partial charge in [-0.2, -0.15) is 9.36 Å². The number of halogens is 1. The van der Waals surface area contributed by atoms with Crippen LogP contribution in [0, 0.1) is 27.7 Å². The van der Waals surface area contributed by atoms with Crippen LogP contribution in [-0.2, 0) is 38.0 Å². The van der Waals surface area contributed by atoms with Crippen LogP contribution in [0.15, 0.2) is 24.3 Å². The summed E-state index contributed by atoms with van der Waals surface area (Å²) in [5.41, 5.74) is 7.39. The van der Waals surface area contributed by atoms with E-state index in [9.17, 15) is 19.2 Å². The smallest absolute Gasteiger partial charge is 0.435 e. The topological polar surface area (TPSA) is 249 Å². The van der Waals surface area contributed by atoms with Gasteiger partial charge < -0.3 is 39.5 Å². The van der Waals surface area contributed by atoms with Crippen LogP contribution in [0.2, 0.25) is 5.28 Å². The maximum atomic E-state index is 12.4. The minimum absolute atomic E-state index is 0.168. The molecule has 67 heavy (non-hydrogen) atoms. The second kappa shape index (κ2) is 22.4. The number of nitrogen functional groups attached to an aromatic ring is 1. The number of hydrogen-bond donors (Lipinski definition) is 2. The highest BCUT2D eigenvalue weighted by atomic mass is 35.5. The molecule has 0 aromatic carbocycles. The molecule has 0 amide bonds. The fourth-order valence-corrected chi connectivity index (χ4v) is 8.10. The molecule has 0 radical (unpaired) electrons. The number of methoxy groups -OCH3 is 4. The van der Waals surface area contributed by atoms with Crippen molar-refractivity contribution >= 4 is 53.3 Å². The summed E-state index contributed by atoms with van der Waals surface area (Å²) in [5.74, 6) is 0.978. The number of carbonyl (C=O) groups excluding carboxylic acids is 4. The molecule has 2 aliphatic carbocycles. The van der Waals surface area contributed by atoms with Crippen molar-refractivity contribution in [3.63, 3.8) is 0 Å². The number of aromatic nitrogens is 8. The molecule has 6 rings (SSSR count). The second-order valence-electron chi connectivity index (χ2n) is 18.7. The Bertz CT molecular complexity index is 2330. The number of hydrogen-bond acceptors (Lipinski definition) is 18. The van der Waals surface area contributed by atoms with Gasteiger partial charge in [0.25, 0.3) is 0 Å². The Morgan fingerprint density at radius 1 is 0.642 bits per heavy atom. The van der Waals surface area contributed by atoms with Gasteiger partial charge in [0, 0.05) is 72.4 Å². The number of nitrogens with zero attached hydrogens (tertiary/aromatic N) is 8. The summed E-state index contributed by atoms with van der Waals surface area (Å²) in [6, 6.07) is 7.26. The summed E-state index contributed by atoms with van der Waals surface area (Å²) in [6.07, 6.45) is 4.43. The summed E-state index contributed by atoms with van der Waals surface area (Å²) in [7, 11) is 5.88. The third-order valence-corrected chi connectivity index (χ3v) is 11.4. The molecule has 2 aliphatic rings. The maximum Gasteiger partial charge on any atom is 0.435 e. The lowest BCUT2D eigenvalue weighted by molar-refractivity contribution is -0.171. The van der Waals surface area contributed by atoms with Gasteiger partial charge in [0.05, 0.1) is 14.2 Å². The third-order valence-electron chi connectivity index (χ3n) is 11.2. The average Bonchev–Trinajstić information content (AvgIpc) is 3.80. The highest BCUT2D eigenvalue weighted by Gasteiger charge is 2.45. The van der Waals surface area contributed by atoms with Crippen molar-refractivity contribution in [1.82, 2.24) is 39.5 Å². The first-order valence-corrected chi connectivity index (χ1v) is 22.4. The third kappa shape index (κ3) is 14.6. The molecule has 2 fully saturated rings. The molecular weight excluding hydrogens is 888 g/mol. The summed E-state index contributed by atoms with van der Waals surface area (Å²) >= 11 is 5.90. The molecule has 0 saturated heterocycles. The zero-order valence-electron chi connectivity index (χ0n) is 41.2. The Kier molecular flexibility index (Phi) is 18.0. The molecule has 20 nitrogen and oxygen atoms in total. The highest BCUT2D eigenvalue weighted by molar-refractivity contribution is 6.28. The van der Waals surface area contributed by atoms with E-state index in [1.54, 1.807) is 81.7 Å². The van der Waals surface area contributed by atoms with E-state index in [-0.39, 0.29) is 29.1 Å². The van der Waals surface area contributed by atoms with Gasteiger partial charge in [-0.1, -0.05) is 0 Å². The Morgan fingerprint density at radius 2 is 1.06 bits per heavy atom. The van der Waals surface area contributed by atoms with Crippen molar-refractivity contribution in [2.75, 3.05) is 39.5 Å². The largest absolute Gasteiger partial charge is 0.467 e. The molecule has 0 aliphatic heterocycles. The predicted octanol–water partition coefficient (Wildman–Crippen LogP) is 8.24. The van der Waals surface area contributed by atoms with Gasteiger partial charge in [-0.05, 0) is 144 Å². The number of carbonyl (C=O) groups is 4. The molecule has 4 heterocycles. The van der Waals surface area contributed by atoms with E-state index in [0.717, 1.165) is 53.1 Å². The zero-order chi connectivity index (χ0) is 50.1. The first-order chi connectivity index (χ1) is 31.3. The Labute approximate surface area is 397 Å². The first kappa shape index (κ1) is 53.9. The van der Waals surface area contributed by atoms with Gasteiger partial charge in [0.2, 0.25) is 11.2 Å². The minimum atomic E-state index is -0.888. The van der Waals surface area contributed by atoms with Gasteiger partial charge in [0.1, 0.15) is 17.0 Å². The molecule has 4 aromatic rings. The van der Waals surface area contributed by atoms with Crippen molar-refractivity contribution in [3.05, 3.63) is 63.7 Å². The standard InChI is InChI=1S/C23H33N5O5.C14H19ClN2O3.C9H15N3O2/c1-14-12-17(16-8-10-23(32-7,11-9-16)19(29)31-6)25-20(24-14)26-18-13-15(2)28(27-18)21(30)33-22(3,4)5;1-9-8-11(17-13(15)16-9)10-4-6-14(20-3,7-5-10)12(18)19-2;1-6-5-7(10)11-12(6)8(13)14-9(2,3)4/h12-13,16H,8-11H2,1-7H3,(H,24,25,26,27);8,10H,4-7H2,1-3H3;5H,1-4H3,(H2,10,11). The summed E-state index contributed by atoms with van der Waals surface area (Å²) in [4.78, 5) is 65.5. The lowest BCUT2D eigenvalue weighted by Crippen LogP contribution is -2.44. The normalized spacial score (nSPS) is 20.5. The Balaban J connectivity index is 0.000000244. The van der Waals surface area contributed by atoms with Crippen LogP contribution < -0.4 is 11.1 Å². The van der Waals surface area contributed by atoms with E-state index < -0.39 is 34.6 Å². The van der Waals surface area contributed by atoms with Gasteiger partial charge in [0.15, 0.2) is 17.0 Å². The van der Waals surface area contributed by atoms with Crippen LogP contribution >= 0.6 is 11.6 Å². The highest BCUT2D eigenvalue weighted by Crippen LogP contribution is 2.41. The summed E-state index contributed by atoms with van der Waals surface area (Å²) in [5, 5.41) is 11.5. The maximum absolute atomic E-state index is 12.4. The van der Waals surface area contributed by atoms with E-state index in [1.165, 1.54) is 18.9 Å². The number of nitrogens with one attached hydrogen (secondary N) is 1. The molecular formula is C46H67ClN10O10. The quantitative estimate of drug-likeness (QED) is 0.0958. The first-order valence-electron chi connectivity index (χ1n) is 22.0. The van der Waals surface area contributed by atoms with E-state index in [0.29, 0.717) is 54.7 Å². The van der Waals surface area contributed by atoms with Crippen LogP contribution in [0.5, 0.6) is 0 Å². The molecule has 3 N–H and O–H groups in total. The van der Waals surface area contributed by atoms with Crippen molar-refractivity contribution in [2.24, 2.45) is 0 Å². The van der Waals surface area contributed by atoms with E-state index >= 15 is 0 Å². The number of nitrogens with two attached hydrogens (primary N) is 1. The lowest BCUT2D eigenvalue weighted by atomic mass is 9.77. The van der Waals surface area contributed by atoms with Gasteiger partial charge >= 0.3 is 24.1 Å². The molecule has 0 bridgehead atoms. The van der Waals surface area contributed by atoms with Crippen LogP contribution in [0.25, 0.3) is 0 Å². The number of esters is 2. The molecule has 0 atom stereocenters. The second-order valence-corrected chi connectivity index (χ2v) is 19.0. The van der Waals surface area contributed by atoms with E-state index in [2.05, 4.69) is 35.5 Å². The molecule has 2 saturated carbocycles. The molecule has 21 heteroatoms. The van der Waals surface area contributed by atoms with Crippen molar-refractivity contribution < 1.29 is 47.6 Å². The molecule has 0 unspecified atom stereocenters. The molecule has 4 aromatic heterocycles. The Morgan fingerprint density at radius 3 is 1.45 bits per heavy atom. The SMILES string of the molecule is COC(=O)C1(OC)CCC(c2cc(C)nc(Cl)n2)CC1.COC(=O)C1(OC)CCC(c2cc(C)nc(Nc3cc(C)n(C(=O)OC(C)(C)C)n3)n2)CC1.Cc1cc(N)nn1C(=O)OC(C)(C)C. The minimum Gasteiger partial charge on any atom is -0.467 e. The monoisotopic (exact) mass is 954 g/mol. The molecule has 0 spiro atoms. The van der Waals surface area contributed by atoms with Crippen LogP contribution in [0.4, 0.5) is 27.2 Å². The van der Waals surface area contributed by atoms with Crippen molar-refractivity contribution in [2.45, 2.75) is 155 Å². The lowest BCUT2D eigenvalue weighted by Gasteiger charge is -2.36. The fraction of sp³-hybridized carbons (Fsp3) is 0.609. The number of anilines is 3. The Hall–Kier alpha value is -5.73. The fourth-order valence-electron chi connectivity index (χ4n) is 7.87. The van der Waals surface area contributed by atoms with Crippen LogP contribution in [0.3, 0.4) is 0 Å². The van der Waals surface area contributed by atoms with Crippen molar-refractivity contribution in [3.8, 4) is 0 Å². The van der Waals surface area contributed by atoms with E-state index in [4.69, 9.17) is 45.8 Å². The van der Waals surface area contributed by atoms with Gasteiger partial charge in [-0.25, -0.2) is 39.1 Å². The van der Waals surface area contributed by atoms with Crippen LogP contribution in [0.1, 0.15) is 139 Å². The number of aryl methyl sites for hydroxylation is 4. The summed E-state index contributed by atoms with van der Waals surface area (Å²) in [6.45, 7) is 18.1. The van der Waals surface area contributed by atoms with Crippen molar-refractivity contribution in [1.29, 1.82) is 0 Å². The average molecular weight is 956 g/mol. The molecule has 368 valence electrons. The predicted molar refractivity (Wildman–Crippen MR) is 249 cm³/mol. The van der Waals surface area contributed by atoms with Gasteiger partial charge in [-0.3, -0.25) is 0 Å². The van der Waals surface area contributed by atoms with Gasteiger partial charge in [-0.15, -0.1) is 10.2 Å². The number of ether oxygens (including phenoxy) is 6. The zero-order valence-corrected chi connectivity index (χ0v) is 42.0. The summed E-state index contributed by atoms with van der Waals surface area (Å²) < 4.78 is 33.6.